The van der Waals surface area contributed by atoms with Crippen LogP contribution in [0.1, 0.15) is 31.1 Å². The van der Waals surface area contributed by atoms with Crippen molar-refractivity contribution in [2.75, 3.05) is 5.84 Å². The topological polar surface area (TPSA) is 137 Å². The number of halogens is 4. The van der Waals surface area contributed by atoms with Gasteiger partial charge in [-0.25, -0.2) is 24.1 Å². The molecule has 0 bridgehead atoms. The molecule has 0 saturated heterocycles. The number of hydrogen-bond donors (Lipinski definition) is 2. The number of carboxylic acid groups (broad SMARTS) is 1. The van der Waals surface area contributed by atoms with Crippen molar-refractivity contribution in [1.82, 2.24) is 18.8 Å². The van der Waals surface area contributed by atoms with Gasteiger partial charge in [0.2, 0.25) is 5.62 Å². The minimum Gasteiger partial charge on any atom is -0.481 e. The van der Waals surface area contributed by atoms with E-state index in [2.05, 4.69) is 9.98 Å². The highest BCUT2D eigenvalue weighted by molar-refractivity contribution is 6.30. The Morgan fingerprint density at radius 2 is 1.74 bits per heavy atom. The Balaban J connectivity index is 1.95. The van der Waals surface area contributed by atoms with Crippen molar-refractivity contribution in [1.29, 1.82) is 0 Å². The molecule has 0 aliphatic carbocycles. The number of alkyl halides is 3. The number of benzene rings is 2. The van der Waals surface area contributed by atoms with Crippen LogP contribution in [0.25, 0.3) is 10.9 Å². The lowest BCUT2D eigenvalue weighted by molar-refractivity contribution is -0.142. The first-order valence-corrected chi connectivity index (χ1v) is 11.9. The molecule has 0 amide bonds. The van der Waals surface area contributed by atoms with Crippen LogP contribution in [0.2, 0.25) is 5.02 Å². The fraction of sp³-hybridized carbons (Fsp3) is 0.240. The van der Waals surface area contributed by atoms with Crippen molar-refractivity contribution < 1.29 is 23.1 Å². The average Bonchev–Trinajstić information content (AvgIpc) is 2.89. The molecule has 4 aromatic rings. The van der Waals surface area contributed by atoms with Crippen LogP contribution in [-0.4, -0.2) is 29.9 Å². The number of carbonyl (C=O) groups is 1. The van der Waals surface area contributed by atoms with Crippen molar-refractivity contribution in [3.05, 3.63) is 97.5 Å². The summed E-state index contributed by atoms with van der Waals surface area (Å²) in [6, 6.07) is 11.6. The van der Waals surface area contributed by atoms with Gasteiger partial charge in [-0.2, -0.15) is 17.8 Å². The van der Waals surface area contributed by atoms with Crippen LogP contribution in [0.5, 0.6) is 0 Å². The molecule has 39 heavy (non-hydrogen) atoms. The van der Waals surface area contributed by atoms with Gasteiger partial charge >= 0.3 is 23.5 Å². The lowest BCUT2D eigenvalue weighted by Crippen LogP contribution is -2.58. The number of nitrogen functional groups attached to an aromatic ring is 1. The molecule has 0 aliphatic heterocycles. The minimum absolute atomic E-state index is 0.0647. The first kappa shape index (κ1) is 27.6. The highest BCUT2D eigenvalue weighted by Crippen LogP contribution is 2.30. The second-order valence-corrected chi connectivity index (χ2v) is 9.30. The van der Waals surface area contributed by atoms with E-state index in [1.165, 1.54) is 38.1 Å². The lowest BCUT2D eigenvalue weighted by atomic mass is 10.0. The van der Waals surface area contributed by atoms with Gasteiger partial charge in [0.25, 0.3) is 0 Å². The Morgan fingerprint density at radius 1 is 1.08 bits per heavy atom. The van der Waals surface area contributed by atoms with Crippen molar-refractivity contribution in [2.24, 2.45) is 10.9 Å². The Hall–Kier alpha value is -4.39. The van der Waals surface area contributed by atoms with E-state index in [4.69, 9.17) is 17.4 Å². The summed E-state index contributed by atoms with van der Waals surface area (Å²) < 4.78 is 41.6. The summed E-state index contributed by atoms with van der Waals surface area (Å²) in [5.74, 6) is 3.78. The summed E-state index contributed by atoms with van der Waals surface area (Å²) in [5.41, 5.74) is -2.33. The van der Waals surface area contributed by atoms with Crippen molar-refractivity contribution >= 4 is 34.2 Å². The molecular formula is C25H22ClF3N6O4. The molecule has 2 aromatic heterocycles. The van der Waals surface area contributed by atoms with E-state index in [0.717, 1.165) is 15.2 Å². The number of aromatic nitrogens is 4. The van der Waals surface area contributed by atoms with E-state index in [1.807, 2.05) is 0 Å². The molecule has 0 fully saturated rings. The first-order chi connectivity index (χ1) is 18.3. The van der Waals surface area contributed by atoms with Crippen molar-refractivity contribution in [3.8, 4) is 0 Å². The van der Waals surface area contributed by atoms with Gasteiger partial charge in [-0.15, -0.1) is 0 Å². The molecule has 0 spiro atoms. The molecule has 14 heteroatoms. The molecule has 204 valence electrons. The number of aliphatic carboxylic acids is 1. The lowest BCUT2D eigenvalue weighted by Gasteiger charge is -2.21. The van der Waals surface area contributed by atoms with Crippen LogP contribution in [0.4, 0.5) is 18.9 Å². The van der Waals surface area contributed by atoms with E-state index in [0.29, 0.717) is 20.6 Å². The Morgan fingerprint density at radius 3 is 2.36 bits per heavy atom. The van der Waals surface area contributed by atoms with Crippen molar-refractivity contribution in [3.63, 3.8) is 0 Å². The van der Waals surface area contributed by atoms with Crippen LogP contribution in [0, 0.1) is 5.92 Å². The highest BCUT2D eigenvalue weighted by atomic mass is 35.5. The molecule has 4 rings (SSSR count). The van der Waals surface area contributed by atoms with Crippen molar-refractivity contribution in [2.45, 2.75) is 32.6 Å². The molecule has 2 aromatic carbocycles. The maximum Gasteiger partial charge on any atom is 0.433 e. The fourth-order valence-corrected chi connectivity index (χ4v) is 4.01. The zero-order valence-electron chi connectivity index (χ0n) is 20.6. The summed E-state index contributed by atoms with van der Waals surface area (Å²) in [4.78, 5) is 46.3. The predicted octanol–water partition coefficient (Wildman–Crippen LogP) is 3.31. The van der Waals surface area contributed by atoms with Gasteiger partial charge in [-0.05, 0) is 55.8 Å². The third-order valence-electron chi connectivity index (χ3n) is 6.27. The standard InChI is InChI=1S/C25H22ClF3N6O4/c1-13(21(36)37)14(2)34-23(38)33(12-15-3-6-17(26)7-4-15)22(35(30)24(34)39)31-18-8-9-19-16(11-18)5-10-20(32-19)25(27,28)29/h3-11,13-14H,12,30H2,1-2H3,(H,36,37)/b31-22-/t13-,14+/m1/s1. The maximum absolute atomic E-state index is 13.6. The molecule has 0 radical (unpaired) electrons. The number of nitrogens with zero attached hydrogens (tertiary/aromatic N) is 5. The number of hydrogen-bond acceptors (Lipinski definition) is 6. The van der Waals surface area contributed by atoms with E-state index >= 15 is 0 Å². The van der Waals surface area contributed by atoms with Crippen LogP contribution >= 0.6 is 11.6 Å². The molecular weight excluding hydrogens is 541 g/mol. The summed E-state index contributed by atoms with van der Waals surface area (Å²) in [7, 11) is 0. The molecule has 0 unspecified atom stereocenters. The zero-order valence-corrected chi connectivity index (χ0v) is 21.3. The zero-order chi connectivity index (χ0) is 28.6. The normalized spacial score (nSPS) is 13.9. The largest absolute Gasteiger partial charge is 0.481 e. The number of nitrogens with two attached hydrogens (primary N) is 1. The summed E-state index contributed by atoms with van der Waals surface area (Å²) in [6.45, 7) is 2.66. The second kappa shape index (κ2) is 10.4. The molecule has 2 atom stereocenters. The molecule has 3 N–H and O–H groups in total. The molecule has 0 saturated carbocycles. The fourth-order valence-electron chi connectivity index (χ4n) is 3.89. The van der Waals surface area contributed by atoms with Gasteiger partial charge in [0.1, 0.15) is 5.69 Å². The Bertz CT molecular complexity index is 1760. The molecule has 10 nitrogen and oxygen atoms in total. The van der Waals surface area contributed by atoms with Gasteiger partial charge in [0.05, 0.1) is 29.7 Å². The van der Waals surface area contributed by atoms with E-state index in [-0.39, 0.29) is 23.4 Å². The molecule has 0 aliphatic rings. The van der Waals surface area contributed by atoms with Gasteiger partial charge in [0.15, 0.2) is 0 Å². The quantitative estimate of drug-likeness (QED) is 0.346. The van der Waals surface area contributed by atoms with Crippen LogP contribution < -0.4 is 22.8 Å². The molecule has 2 heterocycles. The highest BCUT2D eigenvalue weighted by Gasteiger charge is 2.32. The number of fused-ring (bicyclic) bond motifs is 1. The van der Waals surface area contributed by atoms with E-state index in [1.54, 1.807) is 24.3 Å². The number of rotatable bonds is 6. The Kier molecular flexibility index (Phi) is 7.37. The second-order valence-electron chi connectivity index (χ2n) is 8.87. The average molecular weight is 563 g/mol. The van der Waals surface area contributed by atoms with Crippen LogP contribution in [0.3, 0.4) is 0 Å². The van der Waals surface area contributed by atoms with E-state index < -0.39 is 41.2 Å². The van der Waals surface area contributed by atoms with Crippen LogP contribution in [-0.2, 0) is 17.5 Å². The van der Waals surface area contributed by atoms with Gasteiger partial charge in [-0.3, -0.25) is 9.36 Å². The van der Waals surface area contributed by atoms with Gasteiger partial charge in [-0.1, -0.05) is 29.8 Å². The minimum atomic E-state index is -4.61. The summed E-state index contributed by atoms with van der Waals surface area (Å²) in [5, 5.41) is 10.2. The SMILES string of the molecule is C[C@@H](C(=O)O)[C@H](C)n1c(=O)n(N)/c(=N\c2ccc3nc(C(F)(F)F)ccc3c2)n(Cc2ccc(Cl)cc2)c1=O. The maximum atomic E-state index is 13.6. The van der Waals surface area contributed by atoms with Gasteiger partial charge in [0, 0.05) is 10.4 Å². The van der Waals surface area contributed by atoms with Crippen LogP contribution in [0.15, 0.2) is 69.2 Å². The smallest absolute Gasteiger partial charge is 0.433 e. The number of pyridine rings is 1. The Labute approximate surface area is 223 Å². The first-order valence-electron chi connectivity index (χ1n) is 11.5. The predicted molar refractivity (Wildman–Crippen MR) is 137 cm³/mol. The number of carboxylic acids is 1. The summed E-state index contributed by atoms with van der Waals surface area (Å²) in [6.07, 6.45) is -4.61. The summed E-state index contributed by atoms with van der Waals surface area (Å²) >= 11 is 5.96. The third kappa shape index (κ3) is 5.58. The third-order valence-corrected chi connectivity index (χ3v) is 6.52. The monoisotopic (exact) mass is 562 g/mol. The van der Waals surface area contributed by atoms with Gasteiger partial charge < -0.3 is 10.9 Å². The van der Waals surface area contributed by atoms with E-state index in [9.17, 15) is 32.7 Å².